The molecule has 2 aromatic rings. The average molecular weight is 447 g/mol. The monoisotopic (exact) mass is 446 g/mol. The first-order chi connectivity index (χ1) is 14.8. The molecule has 168 valence electrons. The van der Waals surface area contributed by atoms with Crippen LogP contribution < -0.4 is 13.8 Å². The van der Waals surface area contributed by atoms with Crippen LogP contribution in [0.5, 0.6) is 11.5 Å². The van der Waals surface area contributed by atoms with Gasteiger partial charge in [-0.05, 0) is 49.9 Å². The lowest BCUT2D eigenvalue weighted by Crippen LogP contribution is -2.46. The topological polar surface area (TPSA) is 76.2 Å². The van der Waals surface area contributed by atoms with E-state index in [4.69, 9.17) is 9.47 Å². The number of carbonyl (C=O) groups excluding carboxylic acids is 1. The van der Waals surface area contributed by atoms with Gasteiger partial charge in [-0.1, -0.05) is 24.6 Å². The van der Waals surface area contributed by atoms with Gasteiger partial charge in [0.25, 0.3) is 10.0 Å². The summed E-state index contributed by atoms with van der Waals surface area (Å²) in [6.45, 7) is 5.01. The van der Waals surface area contributed by atoms with Gasteiger partial charge >= 0.3 is 0 Å². The van der Waals surface area contributed by atoms with Crippen molar-refractivity contribution in [2.75, 3.05) is 38.2 Å². The summed E-state index contributed by atoms with van der Waals surface area (Å²) in [7, 11) is -0.973. The van der Waals surface area contributed by atoms with Crippen LogP contribution in [0.1, 0.15) is 25.3 Å². The fraction of sp³-hybridized carbons (Fsp3) is 0.435. The fourth-order valence-corrected chi connectivity index (χ4v) is 5.18. The molecule has 1 heterocycles. The van der Waals surface area contributed by atoms with Crippen LogP contribution >= 0.6 is 0 Å². The highest BCUT2D eigenvalue weighted by Crippen LogP contribution is 2.34. The quantitative estimate of drug-likeness (QED) is 0.651. The molecule has 1 amide bonds. The molecule has 3 rings (SSSR count). The lowest BCUT2D eigenvalue weighted by molar-refractivity contribution is -0.131. The van der Waals surface area contributed by atoms with Gasteiger partial charge in [-0.25, -0.2) is 8.42 Å². The highest BCUT2D eigenvalue weighted by Gasteiger charge is 2.31. The number of likely N-dealkylation sites (tertiary alicyclic amines) is 1. The van der Waals surface area contributed by atoms with Crippen molar-refractivity contribution < 1.29 is 22.7 Å². The molecule has 7 nitrogen and oxygen atoms in total. The summed E-state index contributed by atoms with van der Waals surface area (Å²) in [4.78, 5) is 15.0. The van der Waals surface area contributed by atoms with Gasteiger partial charge in [0, 0.05) is 19.2 Å². The first-order valence-corrected chi connectivity index (χ1v) is 11.8. The number of methoxy groups -OCH3 is 2. The zero-order chi connectivity index (χ0) is 22.6. The lowest BCUT2D eigenvalue weighted by Gasteiger charge is -2.33. The zero-order valence-electron chi connectivity index (χ0n) is 18.5. The maximum absolute atomic E-state index is 13.6. The van der Waals surface area contributed by atoms with Crippen LogP contribution in [0.15, 0.2) is 47.4 Å². The molecule has 0 aromatic heterocycles. The average Bonchev–Trinajstić information content (AvgIpc) is 2.77. The van der Waals surface area contributed by atoms with E-state index >= 15 is 0 Å². The molecule has 0 unspecified atom stereocenters. The van der Waals surface area contributed by atoms with Crippen molar-refractivity contribution >= 4 is 21.6 Å². The zero-order valence-corrected chi connectivity index (χ0v) is 19.3. The van der Waals surface area contributed by atoms with Crippen LogP contribution in [0.3, 0.4) is 0 Å². The second-order valence-electron chi connectivity index (χ2n) is 7.95. The molecule has 1 aliphatic heterocycles. The molecular weight excluding hydrogens is 416 g/mol. The van der Waals surface area contributed by atoms with Crippen LogP contribution in [0.4, 0.5) is 5.69 Å². The molecule has 1 aliphatic rings. The molecule has 0 saturated carbocycles. The molecule has 0 radical (unpaired) electrons. The van der Waals surface area contributed by atoms with Gasteiger partial charge in [-0.15, -0.1) is 0 Å². The van der Waals surface area contributed by atoms with Gasteiger partial charge in [0.05, 0.1) is 24.8 Å². The van der Waals surface area contributed by atoms with E-state index in [0.29, 0.717) is 36.2 Å². The van der Waals surface area contributed by atoms with Crippen LogP contribution in [0.25, 0.3) is 0 Å². The van der Waals surface area contributed by atoms with E-state index < -0.39 is 10.0 Å². The van der Waals surface area contributed by atoms with Crippen molar-refractivity contribution in [1.82, 2.24) is 4.90 Å². The number of amides is 1. The highest BCUT2D eigenvalue weighted by molar-refractivity contribution is 7.92. The Morgan fingerprint density at radius 1 is 1.10 bits per heavy atom. The summed E-state index contributed by atoms with van der Waals surface area (Å²) in [5.74, 6) is 1.07. The van der Waals surface area contributed by atoms with E-state index in [9.17, 15) is 13.2 Å². The third-order valence-corrected chi connectivity index (χ3v) is 7.34. The van der Waals surface area contributed by atoms with E-state index in [2.05, 4.69) is 6.92 Å². The number of hydrogen-bond donors (Lipinski definition) is 0. The molecule has 8 heteroatoms. The van der Waals surface area contributed by atoms with E-state index in [-0.39, 0.29) is 17.3 Å². The minimum Gasteiger partial charge on any atom is -0.493 e. The number of aryl methyl sites for hydroxylation is 1. The van der Waals surface area contributed by atoms with Crippen molar-refractivity contribution in [1.29, 1.82) is 0 Å². The van der Waals surface area contributed by atoms with E-state index in [1.54, 1.807) is 47.4 Å². The summed E-state index contributed by atoms with van der Waals surface area (Å²) in [6, 6.07) is 11.5. The van der Waals surface area contributed by atoms with Crippen LogP contribution in [-0.4, -0.2) is 53.1 Å². The molecule has 0 aliphatic carbocycles. The Morgan fingerprint density at radius 3 is 2.39 bits per heavy atom. The second-order valence-corrected chi connectivity index (χ2v) is 9.81. The Bertz CT molecular complexity index is 1020. The largest absolute Gasteiger partial charge is 0.493 e. The predicted octanol–water partition coefficient (Wildman–Crippen LogP) is 3.47. The van der Waals surface area contributed by atoms with Crippen molar-refractivity contribution in [3.8, 4) is 11.5 Å². The first kappa shape index (κ1) is 22.9. The fourth-order valence-electron chi connectivity index (χ4n) is 3.77. The molecule has 1 saturated heterocycles. The predicted molar refractivity (Wildman–Crippen MR) is 120 cm³/mol. The number of hydrogen-bond acceptors (Lipinski definition) is 5. The van der Waals surface area contributed by atoms with Gasteiger partial charge in [0.2, 0.25) is 5.91 Å². The highest BCUT2D eigenvalue weighted by atomic mass is 32.2. The van der Waals surface area contributed by atoms with Crippen molar-refractivity contribution in [3.05, 3.63) is 48.0 Å². The maximum atomic E-state index is 13.6. The number of ether oxygens (including phenoxy) is 2. The number of carbonyl (C=O) groups is 1. The van der Waals surface area contributed by atoms with E-state index in [1.165, 1.54) is 14.2 Å². The molecule has 2 aromatic carbocycles. The molecule has 1 fully saturated rings. The molecular formula is C23H30N2O5S. The molecule has 0 bridgehead atoms. The van der Waals surface area contributed by atoms with Gasteiger partial charge in [0.1, 0.15) is 6.54 Å². The third kappa shape index (κ3) is 5.12. The lowest BCUT2D eigenvalue weighted by atomic mass is 10.0. The SMILES string of the molecule is COc1ccc(N(CC(=O)N2CCC[C@@H](C)C2)S(=O)(=O)c2ccc(C)cc2)cc1OC. The number of sulfonamides is 1. The van der Waals surface area contributed by atoms with Gasteiger partial charge in [0.15, 0.2) is 11.5 Å². The van der Waals surface area contributed by atoms with E-state index in [0.717, 1.165) is 22.7 Å². The summed E-state index contributed by atoms with van der Waals surface area (Å²) < 4.78 is 38.9. The van der Waals surface area contributed by atoms with Crippen LogP contribution in [0.2, 0.25) is 0 Å². The van der Waals surface area contributed by atoms with Crippen molar-refractivity contribution in [2.45, 2.75) is 31.6 Å². The standard InChI is InChI=1S/C23H30N2O5S/c1-17-7-10-20(11-8-17)31(27,28)25(16-23(26)24-13-5-6-18(2)15-24)19-9-12-21(29-3)22(14-19)30-4/h7-12,14,18H,5-6,13,15-16H2,1-4H3/t18-/m1/s1. The number of piperidine rings is 1. The molecule has 1 atom stereocenters. The first-order valence-electron chi connectivity index (χ1n) is 10.4. The normalized spacial score (nSPS) is 16.6. The number of benzene rings is 2. The minimum absolute atomic E-state index is 0.132. The van der Waals surface area contributed by atoms with Gasteiger partial charge in [-0.2, -0.15) is 0 Å². The third-order valence-electron chi connectivity index (χ3n) is 5.55. The summed E-state index contributed by atoms with van der Waals surface area (Å²) >= 11 is 0. The van der Waals surface area contributed by atoms with Crippen LogP contribution in [0, 0.1) is 12.8 Å². The van der Waals surface area contributed by atoms with Crippen molar-refractivity contribution in [2.24, 2.45) is 5.92 Å². The Labute approximate surface area is 184 Å². The molecule has 0 spiro atoms. The Kier molecular flexibility index (Phi) is 7.10. The molecule has 31 heavy (non-hydrogen) atoms. The summed E-state index contributed by atoms with van der Waals surface area (Å²) in [5.41, 5.74) is 1.30. The molecule has 0 N–H and O–H groups in total. The Morgan fingerprint density at radius 2 is 1.77 bits per heavy atom. The smallest absolute Gasteiger partial charge is 0.264 e. The van der Waals surface area contributed by atoms with Crippen LogP contribution in [-0.2, 0) is 14.8 Å². The van der Waals surface area contributed by atoms with E-state index in [1.807, 2.05) is 6.92 Å². The van der Waals surface area contributed by atoms with Gasteiger partial charge < -0.3 is 14.4 Å². The number of anilines is 1. The minimum atomic E-state index is -3.97. The van der Waals surface area contributed by atoms with Crippen molar-refractivity contribution in [3.63, 3.8) is 0 Å². The second kappa shape index (κ2) is 9.60. The number of rotatable bonds is 7. The number of nitrogens with zero attached hydrogens (tertiary/aromatic N) is 2. The Balaban J connectivity index is 2.01. The summed E-state index contributed by atoms with van der Waals surface area (Å²) in [5, 5.41) is 0. The Hall–Kier alpha value is -2.74. The maximum Gasteiger partial charge on any atom is 0.264 e. The summed E-state index contributed by atoms with van der Waals surface area (Å²) in [6.07, 6.45) is 2.00. The van der Waals surface area contributed by atoms with Gasteiger partial charge in [-0.3, -0.25) is 9.10 Å².